The van der Waals surface area contributed by atoms with Crippen LogP contribution in [0.5, 0.6) is 0 Å². The summed E-state index contributed by atoms with van der Waals surface area (Å²) in [6.07, 6.45) is 1.09. The van der Waals surface area contributed by atoms with Crippen molar-refractivity contribution in [3.63, 3.8) is 0 Å². The van der Waals surface area contributed by atoms with Gasteiger partial charge in [-0.2, -0.15) is 11.8 Å². The third-order valence-corrected chi connectivity index (χ3v) is 4.56. The first-order valence-electron chi connectivity index (χ1n) is 5.85. The van der Waals surface area contributed by atoms with Gasteiger partial charge in [0.25, 0.3) is 0 Å². The fourth-order valence-corrected chi connectivity index (χ4v) is 3.11. The molecule has 0 aromatic heterocycles. The lowest BCUT2D eigenvalue weighted by molar-refractivity contribution is -0.141. The molecule has 5 heteroatoms. The van der Waals surface area contributed by atoms with Crippen molar-refractivity contribution < 1.29 is 9.53 Å². The van der Waals surface area contributed by atoms with E-state index in [1.807, 2.05) is 23.6 Å². The van der Waals surface area contributed by atoms with Crippen LogP contribution in [-0.4, -0.2) is 54.7 Å². The molecular weight excluding hydrogens is 224 g/mol. The molecule has 2 aliphatic rings. The normalized spacial score (nSPS) is 36.1. The van der Waals surface area contributed by atoms with Crippen LogP contribution in [-0.2, 0) is 9.53 Å². The molecule has 0 spiro atoms. The van der Waals surface area contributed by atoms with Crippen molar-refractivity contribution in [3.05, 3.63) is 0 Å². The molecule has 16 heavy (non-hydrogen) atoms. The predicted octanol–water partition coefficient (Wildman–Crippen LogP) is 0.316. The number of thioether (sulfide) groups is 1. The molecule has 0 aromatic carbocycles. The Morgan fingerprint density at radius 3 is 3.00 bits per heavy atom. The molecule has 0 saturated carbocycles. The highest BCUT2D eigenvalue weighted by Crippen LogP contribution is 2.30. The maximum absolute atomic E-state index is 12.4. The van der Waals surface area contributed by atoms with Crippen LogP contribution >= 0.6 is 11.8 Å². The second-order valence-corrected chi connectivity index (χ2v) is 6.02. The van der Waals surface area contributed by atoms with Gasteiger partial charge < -0.3 is 15.4 Å². The summed E-state index contributed by atoms with van der Waals surface area (Å²) in [6.45, 7) is 4.63. The minimum atomic E-state index is -0.505. The number of nitrogens with two attached hydrogens (primary N) is 1. The Morgan fingerprint density at radius 1 is 1.50 bits per heavy atom. The molecule has 2 saturated heterocycles. The highest BCUT2D eigenvalue weighted by atomic mass is 32.2. The first-order chi connectivity index (χ1) is 7.64. The molecule has 1 amide bonds. The Balaban J connectivity index is 2.05. The second-order valence-electron chi connectivity index (χ2n) is 4.80. The average molecular weight is 244 g/mol. The van der Waals surface area contributed by atoms with E-state index in [0.717, 1.165) is 31.0 Å². The van der Waals surface area contributed by atoms with Gasteiger partial charge in [-0.15, -0.1) is 0 Å². The van der Waals surface area contributed by atoms with Gasteiger partial charge in [0, 0.05) is 24.9 Å². The molecule has 0 bridgehead atoms. The fourth-order valence-electron chi connectivity index (χ4n) is 2.22. The fraction of sp³-hybridized carbons (Fsp3) is 0.909. The van der Waals surface area contributed by atoms with Crippen LogP contribution in [0.1, 0.15) is 13.3 Å². The predicted molar refractivity (Wildman–Crippen MR) is 65.4 cm³/mol. The number of hydrogen-bond acceptors (Lipinski definition) is 4. The van der Waals surface area contributed by atoms with E-state index >= 15 is 0 Å². The maximum atomic E-state index is 12.4. The number of carbonyl (C=O) groups excluding carboxylic acids is 1. The van der Waals surface area contributed by atoms with E-state index < -0.39 is 5.41 Å². The lowest BCUT2D eigenvalue weighted by Crippen LogP contribution is -2.52. The molecule has 2 unspecified atom stereocenters. The maximum Gasteiger partial charge on any atom is 0.232 e. The molecule has 2 atom stereocenters. The zero-order chi connectivity index (χ0) is 11.6. The Labute approximate surface area is 101 Å². The van der Waals surface area contributed by atoms with Gasteiger partial charge in [-0.3, -0.25) is 4.79 Å². The van der Waals surface area contributed by atoms with E-state index in [2.05, 4.69) is 0 Å². The number of nitrogens with zero attached hydrogens (tertiary/aromatic N) is 1. The molecule has 2 rings (SSSR count). The van der Waals surface area contributed by atoms with Gasteiger partial charge in [-0.05, 0) is 19.1 Å². The van der Waals surface area contributed by atoms with Gasteiger partial charge in [-0.25, -0.2) is 0 Å². The van der Waals surface area contributed by atoms with Crippen molar-refractivity contribution in [1.29, 1.82) is 0 Å². The highest BCUT2D eigenvalue weighted by Gasteiger charge is 2.46. The topological polar surface area (TPSA) is 55.6 Å². The van der Waals surface area contributed by atoms with Gasteiger partial charge in [0.05, 0.1) is 18.6 Å². The summed E-state index contributed by atoms with van der Waals surface area (Å²) in [4.78, 5) is 14.4. The lowest BCUT2D eigenvalue weighted by Gasteiger charge is -2.32. The van der Waals surface area contributed by atoms with E-state index in [4.69, 9.17) is 10.5 Å². The van der Waals surface area contributed by atoms with E-state index in [0.29, 0.717) is 13.2 Å². The van der Waals surface area contributed by atoms with E-state index in [1.54, 1.807) is 0 Å². The number of amides is 1. The number of carbonyl (C=O) groups is 1. The summed E-state index contributed by atoms with van der Waals surface area (Å²) in [5, 5.41) is 0. The molecule has 0 radical (unpaired) electrons. The van der Waals surface area contributed by atoms with Crippen LogP contribution < -0.4 is 5.73 Å². The Hall–Kier alpha value is -0.260. The van der Waals surface area contributed by atoms with Crippen LogP contribution in [0.3, 0.4) is 0 Å². The van der Waals surface area contributed by atoms with Crippen LogP contribution in [0.15, 0.2) is 0 Å². The van der Waals surface area contributed by atoms with Crippen molar-refractivity contribution in [2.24, 2.45) is 11.1 Å². The Morgan fingerprint density at radius 2 is 2.31 bits per heavy atom. The molecule has 4 nitrogen and oxygen atoms in total. The van der Waals surface area contributed by atoms with E-state index in [-0.39, 0.29) is 11.9 Å². The monoisotopic (exact) mass is 244 g/mol. The standard InChI is InChI=1S/C11H20N2O2S/c1-11(8-15-7-9(11)12)10(14)13-3-2-5-16-6-4-13/h9H,2-8,12H2,1H3. The molecule has 0 aromatic rings. The minimum absolute atomic E-state index is 0.157. The molecule has 0 aliphatic carbocycles. The summed E-state index contributed by atoms with van der Waals surface area (Å²) in [5.41, 5.74) is 5.48. The van der Waals surface area contributed by atoms with Gasteiger partial charge in [-0.1, -0.05) is 0 Å². The van der Waals surface area contributed by atoms with Crippen molar-refractivity contribution in [2.45, 2.75) is 19.4 Å². The number of hydrogen-bond donors (Lipinski definition) is 1. The van der Waals surface area contributed by atoms with E-state index in [9.17, 15) is 4.79 Å². The molecule has 2 aliphatic heterocycles. The van der Waals surface area contributed by atoms with Crippen molar-refractivity contribution in [3.8, 4) is 0 Å². The smallest absolute Gasteiger partial charge is 0.232 e. The van der Waals surface area contributed by atoms with Gasteiger partial charge >= 0.3 is 0 Å². The third-order valence-electron chi connectivity index (χ3n) is 3.52. The largest absolute Gasteiger partial charge is 0.379 e. The quantitative estimate of drug-likeness (QED) is 0.721. The molecule has 2 fully saturated rings. The van der Waals surface area contributed by atoms with Crippen LogP contribution in [0.25, 0.3) is 0 Å². The molecule has 2 N–H and O–H groups in total. The van der Waals surface area contributed by atoms with Crippen LogP contribution in [0, 0.1) is 5.41 Å². The van der Waals surface area contributed by atoms with Gasteiger partial charge in [0.15, 0.2) is 0 Å². The Kier molecular flexibility index (Phi) is 3.77. The van der Waals surface area contributed by atoms with Crippen molar-refractivity contribution >= 4 is 17.7 Å². The summed E-state index contributed by atoms with van der Waals surface area (Å²) in [7, 11) is 0. The number of rotatable bonds is 1. The van der Waals surface area contributed by atoms with Crippen molar-refractivity contribution in [1.82, 2.24) is 4.90 Å². The zero-order valence-electron chi connectivity index (χ0n) is 9.78. The molecule has 92 valence electrons. The van der Waals surface area contributed by atoms with Crippen molar-refractivity contribution in [2.75, 3.05) is 37.8 Å². The summed E-state index contributed by atoms with van der Waals surface area (Å²) in [6, 6.07) is -0.157. The molecule has 2 heterocycles. The highest BCUT2D eigenvalue weighted by molar-refractivity contribution is 7.99. The Bertz CT molecular complexity index is 267. The third kappa shape index (κ3) is 2.21. The summed E-state index contributed by atoms with van der Waals surface area (Å²) in [5.74, 6) is 2.38. The van der Waals surface area contributed by atoms with Gasteiger partial charge in [0.1, 0.15) is 0 Å². The molecular formula is C11H20N2O2S. The lowest BCUT2D eigenvalue weighted by atomic mass is 9.84. The minimum Gasteiger partial charge on any atom is -0.379 e. The SMILES string of the molecule is CC1(C(=O)N2CCCSCC2)COCC1N. The first-order valence-corrected chi connectivity index (χ1v) is 7.00. The summed E-state index contributed by atoms with van der Waals surface area (Å²) < 4.78 is 5.34. The number of ether oxygens (including phenoxy) is 1. The average Bonchev–Trinajstić information content (AvgIpc) is 2.53. The van der Waals surface area contributed by atoms with E-state index in [1.165, 1.54) is 0 Å². The second kappa shape index (κ2) is 4.94. The summed E-state index contributed by atoms with van der Waals surface area (Å²) >= 11 is 1.92. The van der Waals surface area contributed by atoms with Crippen LogP contribution in [0.2, 0.25) is 0 Å². The van der Waals surface area contributed by atoms with Gasteiger partial charge in [0.2, 0.25) is 5.91 Å². The first kappa shape index (κ1) is 12.2. The van der Waals surface area contributed by atoms with Crippen LogP contribution in [0.4, 0.5) is 0 Å². The zero-order valence-corrected chi connectivity index (χ0v) is 10.6.